The van der Waals surface area contributed by atoms with E-state index in [4.69, 9.17) is 4.74 Å². The highest BCUT2D eigenvalue weighted by atomic mass is 32.2. The Morgan fingerprint density at radius 3 is 2.63 bits per heavy atom. The number of methoxy groups -OCH3 is 1. The van der Waals surface area contributed by atoms with Crippen LogP contribution in [0.4, 0.5) is 4.39 Å². The fraction of sp³-hybridized carbons (Fsp3) is 0.538. The first-order valence-corrected chi connectivity index (χ1v) is 8.18. The number of ether oxygens (including phenoxy) is 1. The molecule has 0 aliphatic heterocycles. The van der Waals surface area contributed by atoms with Crippen molar-refractivity contribution in [3.63, 3.8) is 0 Å². The fourth-order valence-corrected chi connectivity index (χ4v) is 2.76. The van der Waals surface area contributed by atoms with E-state index in [1.54, 1.807) is 0 Å². The Balaban J connectivity index is 3.11. The third-order valence-corrected chi connectivity index (χ3v) is 3.62. The van der Waals surface area contributed by atoms with Gasteiger partial charge in [0.25, 0.3) is 0 Å². The SMILES string of the molecule is CCCNC(CS(C)(=O)=O)c1cc(F)ccc1OC. The molecule has 1 rings (SSSR count). The van der Waals surface area contributed by atoms with Gasteiger partial charge in [0.05, 0.1) is 12.9 Å². The van der Waals surface area contributed by atoms with Crippen LogP contribution >= 0.6 is 0 Å². The van der Waals surface area contributed by atoms with Crippen molar-refractivity contribution in [3.8, 4) is 5.75 Å². The molecule has 1 unspecified atom stereocenters. The third kappa shape index (κ3) is 5.16. The van der Waals surface area contributed by atoms with Crippen LogP contribution in [0.2, 0.25) is 0 Å². The molecule has 0 aliphatic carbocycles. The van der Waals surface area contributed by atoms with E-state index in [2.05, 4.69) is 5.32 Å². The van der Waals surface area contributed by atoms with Gasteiger partial charge in [0.1, 0.15) is 21.4 Å². The second kappa shape index (κ2) is 6.86. The smallest absolute Gasteiger partial charge is 0.149 e. The van der Waals surface area contributed by atoms with E-state index in [-0.39, 0.29) is 5.75 Å². The van der Waals surface area contributed by atoms with Gasteiger partial charge in [0.2, 0.25) is 0 Å². The van der Waals surface area contributed by atoms with Crippen molar-refractivity contribution in [2.45, 2.75) is 19.4 Å². The van der Waals surface area contributed by atoms with Gasteiger partial charge in [-0.3, -0.25) is 0 Å². The van der Waals surface area contributed by atoms with Crippen LogP contribution in [-0.4, -0.2) is 34.1 Å². The Kier molecular flexibility index (Phi) is 5.75. The summed E-state index contributed by atoms with van der Waals surface area (Å²) >= 11 is 0. The second-order valence-electron chi connectivity index (χ2n) is 4.49. The predicted octanol–water partition coefficient (Wildman–Crippen LogP) is 1.92. The molecule has 0 fully saturated rings. The van der Waals surface area contributed by atoms with Gasteiger partial charge in [-0.1, -0.05) is 6.92 Å². The van der Waals surface area contributed by atoms with E-state index < -0.39 is 21.7 Å². The predicted molar refractivity (Wildman–Crippen MR) is 73.7 cm³/mol. The molecule has 0 saturated heterocycles. The maximum atomic E-state index is 13.4. The standard InChI is InChI=1S/C13H20FNO3S/c1-4-7-15-12(9-19(3,16)17)11-8-10(14)5-6-13(11)18-2/h5-6,8,12,15H,4,7,9H2,1-3H3. The molecule has 1 atom stereocenters. The van der Waals surface area contributed by atoms with Crippen molar-refractivity contribution in [1.82, 2.24) is 5.32 Å². The molecular weight excluding hydrogens is 269 g/mol. The molecule has 0 amide bonds. The van der Waals surface area contributed by atoms with Gasteiger partial charge in [0.15, 0.2) is 0 Å². The molecule has 0 radical (unpaired) electrons. The second-order valence-corrected chi connectivity index (χ2v) is 6.67. The minimum absolute atomic E-state index is 0.0905. The molecule has 1 N–H and O–H groups in total. The molecule has 0 bridgehead atoms. The minimum atomic E-state index is -3.18. The van der Waals surface area contributed by atoms with Crippen LogP contribution in [0.5, 0.6) is 5.75 Å². The Hall–Kier alpha value is -1.14. The van der Waals surface area contributed by atoms with Crippen LogP contribution in [0.1, 0.15) is 24.9 Å². The largest absolute Gasteiger partial charge is 0.496 e. The van der Waals surface area contributed by atoms with Crippen molar-refractivity contribution in [1.29, 1.82) is 0 Å². The van der Waals surface area contributed by atoms with Crippen molar-refractivity contribution in [3.05, 3.63) is 29.6 Å². The molecule has 0 saturated carbocycles. The van der Waals surface area contributed by atoms with Gasteiger partial charge in [0, 0.05) is 17.9 Å². The number of halogens is 1. The molecule has 0 spiro atoms. The van der Waals surface area contributed by atoms with Crippen LogP contribution in [0.25, 0.3) is 0 Å². The maximum Gasteiger partial charge on any atom is 0.149 e. The summed E-state index contributed by atoms with van der Waals surface area (Å²) < 4.78 is 41.5. The average Bonchev–Trinajstić information content (AvgIpc) is 2.33. The molecule has 0 heterocycles. The van der Waals surface area contributed by atoms with Gasteiger partial charge in [-0.05, 0) is 31.2 Å². The topological polar surface area (TPSA) is 55.4 Å². The fourth-order valence-electron chi connectivity index (χ4n) is 1.86. The lowest BCUT2D eigenvalue weighted by atomic mass is 10.1. The molecule has 6 heteroatoms. The lowest BCUT2D eigenvalue weighted by Gasteiger charge is -2.20. The summed E-state index contributed by atoms with van der Waals surface area (Å²) in [4.78, 5) is 0. The van der Waals surface area contributed by atoms with Crippen LogP contribution in [0.3, 0.4) is 0 Å². The summed E-state index contributed by atoms with van der Waals surface area (Å²) in [6, 6.07) is 3.64. The molecule has 1 aromatic rings. The van der Waals surface area contributed by atoms with Gasteiger partial charge in [-0.2, -0.15) is 0 Å². The van der Waals surface area contributed by atoms with E-state index in [0.717, 1.165) is 6.42 Å². The molecule has 4 nitrogen and oxygen atoms in total. The summed E-state index contributed by atoms with van der Waals surface area (Å²) in [5, 5.41) is 3.12. The highest BCUT2D eigenvalue weighted by Gasteiger charge is 2.20. The summed E-state index contributed by atoms with van der Waals surface area (Å²) in [5.41, 5.74) is 0.529. The molecule has 0 aliphatic rings. The van der Waals surface area contributed by atoms with Gasteiger partial charge in [-0.25, -0.2) is 12.8 Å². The van der Waals surface area contributed by atoms with Crippen molar-refractivity contribution in [2.24, 2.45) is 0 Å². The van der Waals surface area contributed by atoms with Gasteiger partial charge in [-0.15, -0.1) is 0 Å². The Bertz CT molecular complexity index is 517. The number of rotatable bonds is 7. The van der Waals surface area contributed by atoms with Crippen LogP contribution in [0.15, 0.2) is 18.2 Å². The number of hydrogen-bond acceptors (Lipinski definition) is 4. The molecule has 0 aromatic heterocycles. The molecule has 19 heavy (non-hydrogen) atoms. The molecule has 108 valence electrons. The quantitative estimate of drug-likeness (QED) is 0.833. The first-order valence-electron chi connectivity index (χ1n) is 6.12. The van der Waals surface area contributed by atoms with Crippen molar-refractivity contribution < 1.29 is 17.5 Å². The number of nitrogens with one attached hydrogen (secondary N) is 1. The molecular formula is C13H20FNO3S. The van der Waals surface area contributed by atoms with Gasteiger partial charge < -0.3 is 10.1 Å². The monoisotopic (exact) mass is 289 g/mol. The van der Waals surface area contributed by atoms with E-state index in [1.165, 1.54) is 31.6 Å². The Morgan fingerprint density at radius 1 is 1.42 bits per heavy atom. The summed E-state index contributed by atoms with van der Waals surface area (Å²) in [5.74, 6) is -0.0152. The first kappa shape index (κ1) is 15.9. The van der Waals surface area contributed by atoms with Crippen molar-refractivity contribution >= 4 is 9.84 Å². The van der Waals surface area contributed by atoms with Gasteiger partial charge >= 0.3 is 0 Å². The molecule has 1 aromatic carbocycles. The van der Waals surface area contributed by atoms with E-state index >= 15 is 0 Å². The third-order valence-electron chi connectivity index (χ3n) is 2.68. The van der Waals surface area contributed by atoms with Crippen molar-refractivity contribution in [2.75, 3.05) is 25.7 Å². The first-order chi connectivity index (χ1) is 8.87. The zero-order chi connectivity index (χ0) is 14.5. The summed E-state index contributed by atoms with van der Waals surface area (Å²) in [6.07, 6.45) is 2.03. The van der Waals surface area contributed by atoms with Crippen LogP contribution in [0, 0.1) is 5.82 Å². The lowest BCUT2D eigenvalue weighted by Crippen LogP contribution is -2.29. The van der Waals surface area contributed by atoms with Crippen LogP contribution in [-0.2, 0) is 9.84 Å². The van der Waals surface area contributed by atoms with Crippen LogP contribution < -0.4 is 10.1 Å². The Labute approximate surface area is 113 Å². The zero-order valence-corrected chi connectivity index (χ0v) is 12.3. The summed E-state index contributed by atoms with van der Waals surface area (Å²) in [6.45, 7) is 2.63. The van der Waals surface area contributed by atoms with E-state index in [0.29, 0.717) is 17.9 Å². The summed E-state index contributed by atoms with van der Waals surface area (Å²) in [7, 11) is -1.70. The van der Waals surface area contributed by atoms with E-state index in [1.807, 2.05) is 6.92 Å². The minimum Gasteiger partial charge on any atom is -0.496 e. The highest BCUT2D eigenvalue weighted by Crippen LogP contribution is 2.27. The highest BCUT2D eigenvalue weighted by molar-refractivity contribution is 7.90. The zero-order valence-electron chi connectivity index (χ0n) is 11.4. The number of sulfone groups is 1. The lowest BCUT2D eigenvalue weighted by molar-refractivity contribution is 0.400. The maximum absolute atomic E-state index is 13.4. The number of hydrogen-bond donors (Lipinski definition) is 1. The Morgan fingerprint density at radius 2 is 2.11 bits per heavy atom. The normalized spacial score (nSPS) is 13.3. The van der Waals surface area contributed by atoms with E-state index in [9.17, 15) is 12.8 Å². The number of benzene rings is 1. The average molecular weight is 289 g/mol.